The van der Waals surface area contributed by atoms with E-state index in [9.17, 15) is 20.0 Å². The number of nitrogens with one attached hydrogen (secondary N) is 1. The normalized spacial score (nSPS) is 11.1. The SMILES string of the molecule is O=C(N/N=C\c1cc(Br)ccc1O)c1cc2cc([N+](=O)[O-])ccc2o1. The molecule has 0 bridgehead atoms. The lowest BCUT2D eigenvalue weighted by molar-refractivity contribution is -0.384. The average molecular weight is 404 g/mol. The molecule has 2 aromatic carbocycles. The third-order valence-electron chi connectivity index (χ3n) is 3.29. The highest BCUT2D eigenvalue weighted by molar-refractivity contribution is 9.10. The summed E-state index contributed by atoms with van der Waals surface area (Å²) < 4.78 is 6.09. The summed E-state index contributed by atoms with van der Waals surface area (Å²) in [6.07, 6.45) is 1.28. The van der Waals surface area contributed by atoms with Crippen molar-refractivity contribution < 1.29 is 19.2 Å². The van der Waals surface area contributed by atoms with Crippen molar-refractivity contribution in [1.29, 1.82) is 0 Å². The highest BCUT2D eigenvalue weighted by Crippen LogP contribution is 2.24. The van der Waals surface area contributed by atoms with E-state index in [4.69, 9.17) is 4.42 Å². The van der Waals surface area contributed by atoms with Crippen molar-refractivity contribution in [2.45, 2.75) is 0 Å². The van der Waals surface area contributed by atoms with E-state index in [1.807, 2.05) is 0 Å². The standard InChI is InChI=1S/C16H10BrN3O5/c17-11-1-3-13(21)10(5-11)8-18-19-16(22)15-7-9-6-12(20(23)24)2-4-14(9)25-15/h1-8,21H,(H,19,22)/b18-8-. The topological polar surface area (TPSA) is 118 Å². The number of phenols is 1. The number of hydrazone groups is 1. The number of carbonyl (C=O) groups is 1. The van der Waals surface area contributed by atoms with Gasteiger partial charge in [0.2, 0.25) is 0 Å². The highest BCUT2D eigenvalue weighted by Gasteiger charge is 2.14. The number of furan rings is 1. The van der Waals surface area contributed by atoms with Gasteiger partial charge in [0.15, 0.2) is 5.76 Å². The lowest BCUT2D eigenvalue weighted by Gasteiger charge is -1.99. The molecule has 1 heterocycles. The van der Waals surface area contributed by atoms with Gasteiger partial charge in [0.05, 0.1) is 11.1 Å². The van der Waals surface area contributed by atoms with E-state index in [1.54, 1.807) is 12.1 Å². The Labute approximate surface area is 149 Å². The van der Waals surface area contributed by atoms with Gasteiger partial charge in [-0.15, -0.1) is 0 Å². The number of halogens is 1. The van der Waals surface area contributed by atoms with Crippen molar-refractivity contribution in [3.8, 4) is 5.75 Å². The Morgan fingerprint density at radius 1 is 1.28 bits per heavy atom. The number of hydrogen-bond acceptors (Lipinski definition) is 6. The maximum atomic E-state index is 12.1. The van der Waals surface area contributed by atoms with E-state index >= 15 is 0 Å². The van der Waals surface area contributed by atoms with Gasteiger partial charge in [-0.2, -0.15) is 5.10 Å². The minimum absolute atomic E-state index is 0.0113. The minimum Gasteiger partial charge on any atom is -0.507 e. The Morgan fingerprint density at radius 2 is 2.08 bits per heavy atom. The van der Waals surface area contributed by atoms with Crippen molar-refractivity contribution in [2.75, 3.05) is 0 Å². The van der Waals surface area contributed by atoms with Gasteiger partial charge in [-0.3, -0.25) is 14.9 Å². The largest absolute Gasteiger partial charge is 0.507 e. The van der Waals surface area contributed by atoms with Crippen LogP contribution in [0.1, 0.15) is 16.1 Å². The smallest absolute Gasteiger partial charge is 0.307 e. The van der Waals surface area contributed by atoms with Gasteiger partial charge in [0.1, 0.15) is 11.3 Å². The molecular weight excluding hydrogens is 394 g/mol. The molecular formula is C16H10BrN3O5. The van der Waals surface area contributed by atoms with Crippen LogP contribution in [0.25, 0.3) is 11.0 Å². The van der Waals surface area contributed by atoms with Crippen molar-refractivity contribution in [1.82, 2.24) is 5.43 Å². The summed E-state index contributed by atoms with van der Waals surface area (Å²) in [5.74, 6) is -0.645. The summed E-state index contributed by atoms with van der Waals surface area (Å²) in [6, 6.07) is 10.2. The second-order valence-electron chi connectivity index (χ2n) is 4.99. The van der Waals surface area contributed by atoms with Crippen LogP contribution < -0.4 is 5.43 Å². The molecule has 9 heteroatoms. The molecule has 0 fully saturated rings. The minimum atomic E-state index is -0.621. The lowest BCUT2D eigenvalue weighted by atomic mass is 10.2. The van der Waals surface area contributed by atoms with Crippen LogP contribution >= 0.6 is 15.9 Å². The van der Waals surface area contributed by atoms with Crippen LogP contribution in [0.5, 0.6) is 5.75 Å². The van der Waals surface area contributed by atoms with Gasteiger partial charge in [-0.25, -0.2) is 5.43 Å². The van der Waals surface area contributed by atoms with Crippen LogP contribution in [0.3, 0.4) is 0 Å². The molecule has 0 saturated heterocycles. The fraction of sp³-hybridized carbons (Fsp3) is 0. The first-order valence-corrected chi connectivity index (χ1v) is 7.73. The Balaban J connectivity index is 1.77. The predicted molar refractivity (Wildman–Crippen MR) is 93.7 cm³/mol. The maximum Gasteiger partial charge on any atom is 0.307 e. The van der Waals surface area contributed by atoms with Crippen LogP contribution in [0.15, 0.2) is 56.5 Å². The molecule has 3 rings (SSSR count). The number of hydrogen-bond donors (Lipinski definition) is 2. The summed E-state index contributed by atoms with van der Waals surface area (Å²) in [6.45, 7) is 0. The second-order valence-corrected chi connectivity index (χ2v) is 5.91. The summed E-state index contributed by atoms with van der Waals surface area (Å²) in [4.78, 5) is 22.3. The Morgan fingerprint density at radius 3 is 2.84 bits per heavy atom. The third kappa shape index (κ3) is 3.66. The van der Waals surface area contributed by atoms with Gasteiger partial charge in [0, 0.05) is 27.6 Å². The van der Waals surface area contributed by atoms with E-state index in [0.29, 0.717) is 16.5 Å². The molecule has 25 heavy (non-hydrogen) atoms. The molecule has 3 aromatic rings. The molecule has 1 amide bonds. The maximum absolute atomic E-state index is 12.1. The number of nitro benzene ring substituents is 1. The molecule has 0 saturated carbocycles. The number of nitrogens with zero attached hydrogens (tertiary/aromatic N) is 2. The Bertz CT molecular complexity index is 1010. The summed E-state index contributed by atoms with van der Waals surface area (Å²) >= 11 is 3.27. The first-order chi connectivity index (χ1) is 11.9. The molecule has 0 atom stereocenters. The predicted octanol–water partition coefficient (Wildman–Crippen LogP) is 3.57. The summed E-state index contributed by atoms with van der Waals surface area (Å²) in [5.41, 5.74) is 2.94. The second kappa shape index (κ2) is 6.73. The van der Waals surface area contributed by atoms with E-state index in [0.717, 1.165) is 4.47 Å². The van der Waals surface area contributed by atoms with Crippen LogP contribution in [0.2, 0.25) is 0 Å². The fourth-order valence-electron chi connectivity index (χ4n) is 2.10. The number of non-ortho nitro benzene ring substituents is 1. The number of benzene rings is 2. The molecule has 0 aliphatic carbocycles. The molecule has 2 N–H and O–H groups in total. The molecule has 1 aromatic heterocycles. The molecule has 0 aliphatic heterocycles. The quantitative estimate of drug-likeness (QED) is 0.392. The number of phenolic OH excluding ortho intramolecular Hbond substituents is 1. The van der Waals surface area contributed by atoms with Crippen LogP contribution in [0.4, 0.5) is 5.69 Å². The average Bonchev–Trinajstić information content (AvgIpc) is 3.01. The number of fused-ring (bicyclic) bond motifs is 1. The molecule has 0 aliphatic rings. The van der Waals surface area contributed by atoms with Crippen molar-refractivity contribution in [3.05, 3.63) is 68.4 Å². The number of rotatable bonds is 4. The number of aromatic hydroxyl groups is 1. The fourth-order valence-corrected chi connectivity index (χ4v) is 2.48. The summed E-state index contributed by atoms with van der Waals surface area (Å²) in [5, 5.41) is 24.7. The Hall–Kier alpha value is -3.20. The Kier molecular flexibility index (Phi) is 4.48. The molecule has 0 unspecified atom stereocenters. The van der Waals surface area contributed by atoms with Gasteiger partial charge in [-0.05, 0) is 30.3 Å². The van der Waals surface area contributed by atoms with Crippen molar-refractivity contribution in [2.24, 2.45) is 5.10 Å². The zero-order valence-electron chi connectivity index (χ0n) is 12.5. The molecule has 8 nitrogen and oxygen atoms in total. The van der Waals surface area contributed by atoms with Gasteiger partial charge in [-0.1, -0.05) is 15.9 Å². The van der Waals surface area contributed by atoms with Crippen LogP contribution in [-0.4, -0.2) is 22.2 Å². The molecule has 126 valence electrons. The van der Waals surface area contributed by atoms with E-state index in [2.05, 4.69) is 26.5 Å². The van der Waals surface area contributed by atoms with Crippen molar-refractivity contribution in [3.63, 3.8) is 0 Å². The van der Waals surface area contributed by atoms with Gasteiger partial charge >= 0.3 is 5.91 Å². The molecule has 0 spiro atoms. The lowest BCUT2D eigenvalue weighted by Crippen LogP contribution is -2.16. The first kappa shape index (κ1) is 16.7. The number of nitro groups is 1. The van der Waals surface area contributed by atoms with E-state index < -0.39 is 10.8 Å². The van der Waals surface area contributed by atoms with Crippen LogP contribution in [0, 0.1) is 10.1 Å². The van der Waals surface area contributed by atoms with Crippen molar-refractivity contribution >= 4 is 44.7 Å². The summed E-state index contributed by atoms with van der Waals surface area (Å²) in [7, 11) is 0. The third-order valence-corrected chi connectivity index (χ3v) is 3.79. The number of carbonyl (C=O) groups excluding carboxylic acids is 1. The monoisotopic (exact) mass is 403 g/mol. The van der Waals surface area contributed by atoms with E-state index in [-0.39, 0.29) is 17.2 Å². The molecule has 0 radical (unpaired) electrons. The number of amides is 1. The zero-order valence-corrected chi connectivity index (χ0v) is 14.1. The van der Waals surface area contributed by atoms with E-state index in [1.165, 1.54) is 36.5 Å². The zero-order chi connectivity index (χ0) is 18.0. The van der Waals surface area contributed by atoms with Gasteiger partial charge < -0.3 is 9.52 Å². The first-order valence-electron chi connectivity index (χ1n) is 6.94. The van der Waals surface area contributed by atoms with Gasteiger partial charge in [0.25, 0.3) is 5.69 Å². The highest BCUT2D eigenvalue weighted by atomic mass is 79.9. The van der Waals surface area contributed by atoms with Crippen LogP contribution in [-0.2, 0) is 0 Å².